The van der Waals surface area contributed by atoms with Crippen molar-refractivity contribution in [2.45, 2.75) is 12.5 Å². The Morgan fingerprint density at radius 1 is 1.27 bits per heavy atom. The van der Waals surface area contributed by atoms with E-state index >= 15 is 0 Å². The molecule has 0 aliphatic carbocycles. The van der Waals surface area contributed by atoms with E-state index in [1.165, 1.54) is 0 Å². The molecular formula is C19H18N6O. The third-order valence-electron chi connectivity index (χ3n) is 4.68. The zero-order chi connectivity index (χ0) is 18.1. The molecule has 1 amide bonds. The number of carbonyl (C=O) groups is 1. The third-order valence-corrected chi connectivity index (χ3v) is 4.68. The van der Waals surface area contributed by atoms with E-state index in [9.17, 15) is 10.1 Å². The summed E-state index contributed by atoms with van der Waals surface area (Å²) in [5.74, 6) is 0.165. The molecular weight excluding hydrogens is 328 g/mol. The Morgan fingerprint density at radius 3 is 2.88 bits per heavy atom. The Labute approximate surface area is 150 Å². The lowest BCUT2D eigenvalue weighted by molar-refractivity contribution is 0.100. The van der Waals surface area contributed by atoms with Crippen molar-refractivity contribution < 1.29 is 4.79 Å². The minimum atomic E-state index is -0.427. The Hall–Kier alpha value is -3.53. The summed E-state index contributed by atoms with van der Waals surface area (Å²) in [6.07, 6.45) is 2.71. The van der Waals surface area contributed by atoms with Gasteiger partial charge in [-0.05, 0) is 30.7 Å². The summed E-state index contributed by atoms with van der Waals surface area (Å²) < 4.78 is 1.78. The smallest absolute Gasteiger partial charge is 0.250 e. The van der Waals surface area contributed by atoms with Gasteiger partial charge in [0.25, 0.3) is 5.91 Å². The number of amides is 1. The largest absolute Gasteiger partial charge is 0.369 e. The molecule has 0 spiro atoms. The predicted molar refractivity (Wildman–Crippen MR) is 99.1 cm³/mol. The molecule has 26 heavy (non-hydrogen) atoms. The second kappa shape index (κ2) is 6.41. The fraction of sp³-hybridized carbons (Fsp3) is 0.211. The van der Waals surface area contributed by atoms with Crippen molar-refractivity contribution in [3.8, 4) is 6.07 Å². The third kappa shape index (κ3) is 2.71. The summed E-state index contributed by atoms with van der Waals surface area (Å²) in [4.78, 5) is 18.3. The van der Waals surface area contributed by atoms with Crippen LogP contribution in [0.15, 0.2) is 48.7 Å². The summed E-state index contributed by atoms with van der Waals surface area (Å²) >= 11 is 0. The van der Waals surface area contributed by atoms with Crippen molar-refractivity contribution in [2.24, 2.45) is 5.73 Å². The minimum Gasteiger partial charge on any atom is -0.369 e. The van der Waals surface area contributed by atoms with Gasteiger partial charge >= 0.3 is 0 Å². The van der Waals surface area contributed by atoms with Crippen molar-refractivity contribution in [3.05, 3.63) is 59.9 Å². The van der Waals surface area contributed by atoms with Gasteiger partial charge in [0, 0.05) is 31.0 Å². The second-order valence-electron chi connectivity index (χ2n) is 6.31. The lowest BCUT2D eigenvalue weighted by Gasteiger charge is -2.21. The van der Waals surface area contributed by atoms with Crippen LogP contribution in [0, 0.1) is 11.3 Å². The Kier molecular flexibility index (Phi) is 3.93. The Morgan fingerprint density at radius 2 is 2.08 bits per heavy atom. The van der Waals surface area contributed by atoms with E-state index in [0.29, 0.717) is 23.6 Å². The predicted octanol–water partition coefficient (Wildman–Crippen LogP) is 2.00. The number of nitrogens with zero attached hydrogens (tertiary/aromatic N) is 4. The normalized spacial score (nSPS) is 16.6. The lowest BCUT2D eigenvalue weighted by Crippen LogP contribution is -2.28. The molecule has 1 aliphatic rings. The number of aromatic nitrogens is 2. The van der Waals surface area contributed by atoms with Crippen LogP contribution in [0.3, 0.4) is 0 Å². The van der Waals surface area contributed by atoms with E-state index in [1.54, 1.807) is 10.5 Å². The first kappa shape index (κ1) is 16.0. The quantitative estimate of drug-likeness (QED) is 0.753. The average molecular weight is 346 g/mol. The summed E-state index contributed by atoms with van der Waals surface area (Å²) in [6, 6.07) is 15.4. The monoisotopic (exact) mass is 346 g/mol. The van der Waals surface area contributed by atoms with Gasteiger partial charge in [0.05, 0.1) is 5.56 Å². The Bertz CT molecular complexity index is 1020. The van der Waals surface area contributed by atoms with Crippen LogP contribution in [-0.4, -0.2) is 34.4 Å². The van der Waals surface area contributed by atoms with Gasteiger partial charge < -0.3 is 16.0 Å². The maximum absolute atomic E-state index is 11.7. The van der Waals surface area contributed by atoms with Crippen molar-refractivity contribution in [2.75, 3.05) is 23.3 Å². The molecule has 3 heterocycles. The molecule has 0 radical (unpaired) electrons. The number of hydrogen-bond acceptors (Lipinski definition) is 5. The van der Waals surface area contributed by atoms with Crippen molar-refractivity contribution >= 4 is 23.1 Å². The van der Waals surface area contributed by atoms with Crippen LogP contribution in [-0.2, 0) is 0 Å². The van der Waals surface area contributed by atoms with E-state index in [4.69, 9.17) is 5.73 Å². The molecule has 4 rings (SSSR count). The first-order valence-electron chi connectivity index (χ1n) is 8.45. The van der Waals surface area contributed by atoms with Gasteiger partial charge in [-0.2, -0.15) is 5.26 Å². The lowest BCUT2D eigenvalue weighted by atomic mass is 10.1. The number of carbonyl (C=O) groups excluding carboxylic acids is 1. The number of benzene rings is 1. The molecule has 1 fully saturated rings. The molecule has 1 atom stereocenters. The Balaban J connectivity index is 1.56. The van der Waals surface area contributed by atoms with Gasteiger partial charge in [-0.1, -0.05) is 18.2 Å². The summed E-state index contributed by atoms with van der Waals surface area (Å²) in [6.45, 7) is 1.51. The molecule has 2 aromatic heterocycles. The molecule has 3 aromatic rings. The molecule has 7 heteroatoms. The summed E-state index contributed by atoms with van der Waals surface area (Å²) in [7, 11) is 0. The van der Waals surface area contributed by atoms with Crippen LogP contribution < -0.4 is 16.0 Å². The van der Waals surface area contributed by atoms with Crippen LogP contribution in [0.25, 0.3) is 5.65 Å². The molecule has 1 aliphatic heterocycles. The highest BCUT2D eigenvalue weighted by Crippen LogP contribution is 2.26. The molecule has 0 saturated carbocycles. The van der Waals surface area contributed by atoms with Gasteiger partial charge in [-0.3, -0.25) is 9.20 Å². The van der Waals surface area contributed by atoms with Crippen molar-refractivity contribution in [1.82, 2.24) is 9.38 Å². The highest BCUT2D eigenvalue weighted by atomic mass is 16.1. The number of pyridine rings is 1. The number of imidazole rings is 1. The van der Waals surface area contributed by atoms with Crippen LogP contribution in [0.2, 0.25) is 0 Å². The number of primary amides is 1. The fourth-order valence-corrected chi connectivity index (χ4v) is 3.45. The molecule has 7 nitrogen and oxygen atoms in total. The number of anilines is 2. The molecule has 1 unspecified atom stereocenters. The van der Waals surface area contributed by atoms with E-state index < -0.39 is 5.91 Å². The van der Waals surface area contributed by atoms with Gasteiger partial charge in [-0.15, -0.1) is 0 Å². The average Bonchev–Trinajstić information content (AvgIpc) is 3.25. The number of hydrogen-bond donors (Lipinski definition) is 2. The first-order chi connectivity index (χ1) is 12.7. The maximum atomic E-state index is 11.7. The van der Waals surface area contributed by atoms with Crippen molar-refractivity contribution in [3.63, 3.8) is 0 Å². The van der Waals surface area contributed by atoms with Gasteiger partial charge in [0.15, 0.2) is 11.5 Å². The second-order valence-corrected chi connectivity index (χ2v) is 6.31. The maximum Gasteiger partial charge on any atom is 0.250 e. The van der Waals surface area contributed by atoms with E-state index in [-0.39, 0.29) is 6.04 Å². The van der Waals surface area contributed by atoms with E-state index in [1.807, 2.05) is 42.6 Å². The topological polar surface area (TPSA) is 99.5 Å². The van der Waals surface area contributed by atoms with Crippen LogP contribution in [0.5, 0.6) is 0 Å². The zero-order valence-corrected chi connectivity index (χ0v) is 14.1. The minimum absolute atomic E-state index is 0.132. The van der Waals surface area contributed by atoms with Gasteiger partial charge in [0.2, 0.25) is 0 Å². The van der Waals surface area contributed by atoms with Gasteiger partial charge in [0.1, 0.15) is 11.7 Å². The van der Waals surface area contributed by atoms with Gasteiger partial charge in [-0.25, -0.2) is 4.98 Å². The van der Waals surface area contributed by atoms with E-state index in [0.717, 1.165) is 24.3 Å². The summed E-state index contributed by atoms with van der Waals surface area (Å²) in [5.41, 5.74) is 8.10. The summed E-state index contributed by atoms with van der Waals surface area (Å²) in [5, 5.41) is 12.9. The molecule has 130 valence electrons. The number of rotatable bonds is 4. The SMILES string of the molecule is N#Cc1c(NC2CCN(c3ccccc3C(N)=O)C2)nc2ccccn12. The number of nitrogens with one attached hydrogen (secondary N) is 1. The molecule has 1 aromatic carbocycles. The number of para-hydroxylation sites is 1. The number of nitrogens with two attached hydrogens (primary N) is 1. The number of nitriles is 1. The molecule has 1 saturated heterocycles. The van der Waals surface area contributed by atoms with Crippen molar-refractivity contribution in [1.29, 1.82) is 5.26 Å². The number of fused-ring (bicyclic) bond motifs is 1. The van der Waals surface area contributed by atoms with Crippen LogP contribution in [0.1, 0.15) is 22.5 Å². The zero-order valence-electron chi connectivity index (χ0n) is 14.1. The highest BCUT2D eigenvalue weighted by molar-refractivity contribution is 5.98. The first-order valence-corrected chi connectivity index (χ1v) is 8.45. The highest BCUT2D eigenvalue weighted by Gasteiger charge is 2.26. The van der Waals surface area contributed by atoms with Crippen LogP contribution >= 0.6 is 0 Å². The fourth-order valence-electron chi connectivity index (χ4n) is 3.45. The van der Waals surface area contributed by atoms with Crippen LogP contribution in [0.4, 0.5) is 11.5 Å². The molecule has 0 bridgehead atoms. The molecule has 3 N–H and O–H groups in total. The standard InChI is InChI=1S/C19H18N6O/c20-11-16-19(23-17-7-3-4-9-25(16)17)22-13-8-10-24(12-13)15-6-2-1-5-14(15)18(21)26/h1-7,9,13,22H,8,10,12H2,(H2,21,26). The van der Waals surface area contributed by atoms with E-state index in [2.05, 4.69) is 21.3 Å².